The van der Waals surface area contributed by atoms with E-state index in [-0.39, 0.29) is 0 Å². The van der Waals surface area contributed by atoms with Crippen molar-refractivity contribution in [1.29, 1.82) is 0 Å². The van der Waals surface area contributed by atoms with Crippen molar-refractivity contribution in [3.05, 3.63) is 40.6 Å². The molecule has 0 bridgehead atoms. The molecule has 1 aliphatic carbocycles. The highest BCUT2D eigenvalue weighted by molar-refractivity contribution is 7.09. The predicted molar refractivity (Wildman–Crippen MR) is 74.8 cm³/mol. The van der Waals surface area contributed by atoms with Crippen molar-refractivity contribution in [2.45, 2.75) is 32.4 Å². The smallest absolute Gasteiger partial charge is 0.0794 e. The Morgan fingerprint density at radius 3 is 3.11 bits per heavy atom. The predicted octanol–water partition coefficient (Wildman–Crippen LogP) is 3.05. The topological polar surface area (TPSA) is 29.9 Å². The lowest BCUT2D eigenvalue weighted by molar-refractivity contribution is 0.495. The molecule has 3 rings (SSSR count). The summed E-state index contributed by atoms with van der Waals surface area (Å²) in [5.41, 5.74) is 3.33. The molecular weight excluding hydrogens is 242 g/mol. The van der Waals surface area contributed by atoms with Crippen LogP contribution in [0, 0.1) is 5.92 Å². The Morgan fingerprint density at radius 2 is 2.44 bits per heavy atom. The minimum atomic E-state index is 0.553. The van der Waals surface area contributed by atoms with E-state index >= 15 is 0 Å². The molecular formula is C14H19N3S. The lowest BCUT2D eigenvalue weighted by atomic mass is 10.1. The van der Waals surface area contributed by atoms with Crippen LogP contribution in [0.15, 0.2) is 30.2 Å². The summed E-state index contributed by atoms with van der Waals surface area (Å²) in [5, 5.41) is 3.61. The Bertz CT molecular complexity index is 485. The molecule has 1 atom stereocenters. The molecule has 0 aromatic carbocycles. The van der Waals surface area contributed by atoms with Gasteiger partial charge >= 0.3 is 0 Å². The van der Waals surface area contributed by atoms with Crippen LogP contribution in [0.25, 0.3) is 0 Å². The lowest BCUT2D eigenvalue weighted by Gasteiger charge is -2.15. The number of rotatable bonds is 6. The average molecular weight is 261 g/mol. The molecule has 0 radical (unpaired) electrons. The van der Waals surface area contributed by atoms with Gasteiger partial charge in [-0.1, -0.05) is 6.92 Å². The highest BCUT2D eigenvalue weighted by atomic mass is 32.1. The second-order valence-electron chi connectivity index (χ2n) is 4.96. The third-order valence-electron chi connectivity index (χ3n) is 3.47. The van der Waals surface area contributed by atoms with Crippen molar-refractivity contribution in [2.24, 2.45) is 5.92 Å². The first-order valence-electron chi connectivity index (χ1n) is 6.63. The molecule has 96 valence electrons. The van der Waals surface area contributed by atoms with Gasteiger partial charge in [0.05, 0.1) is 12.1 Å². The number of aromatic nitrogens is 2. The zero-order valence-electron chi connectivity index (χ0n) is 10.7. The fourth-order valence-corrected chi connectivity index (χ4v) is 3.05. The second kappa shape index (κ2) is 5.24. The van der Waals surface area contributed by atoms with Gasteiger partial charge in [0.2, 0.25) is 0 Å². The normalized spacial score (nSPS) is 16.9. The van der Waals surface area contributed by atoms with Crippen molar-refractivity contribution in [3.8, 4) is 0 Å². The number of hydrogen-bond acceptors (Lipinski definition) is 3. The van der Waals surface area contributed by atoms with E-state index in [1.54, 1.807) is 11.3 Å². The Hall–Kier alpha value is -1.13. The van der Waals surface area contributed by atoms with E-state index in [4.69, 9.17) is 0 Å². The van der Waals surface area contributed by atoms with E-state index in [0.29, 0.717) is 6.04 Å². The average Bonchev–Trinajstić information content (AvgIpc) is 2.88. The van der Waals surface area contributed by atoms with Crippen molar-refractivity contribution in [1.82, 2.24) is 14.9 Å². The van der Waals surface area contributed by atoms with Gasteiger partial charge in [0, 0.05) is 29.5 Å². The van der Waals surface area contributed by atoms with Crippen LogP contribution in [0.3, 0.4) is 0 Å². The van der Waals surface area contributed by atoms with Crippen molar-refractivity contribution in [3.63, 3.8) is 0 Å². The van der Waals surface area contributed by atoms with Crippen molar-refractivity contribution < 1.29 is 0 Å². The first kappa shape index (κ1) is 11.9. The highest BCUT2D eigenvalue weighted by Crippen LogP contribution is 2.41. The van der Waals surface area contributed by atoms with E-state index < -0.39 is 0 Å². The fraction of sp³-hybridized carbons (Fsp3) is 0.500. The summed E-state index contributed by atoms with van der Waals surface area (Å²) in [6.45, 7) is 4.17. The summed E-state index contributed by atoms with van der Waals surface area (Å²) in [7, 11) is 0. The van der Waals surface area contributed by atoms with Gasteiger partial charge in [-0.05, 0) is 36.9 Å². The fourth-order valence-electron chi connectivity index (χ4n) is 2.45. The van der Waals surface area contributed by atoms with E-state index in [1.807, 2.05) is 11.7 Å². The molecule has 1 N–H and O–H groups in total. The third-order valence-corrected chi connectivity index (χ3v) is 4.24. The monoisotopic (exact) mass is 261 g/mol. The molecule has 4 heteroatoms. The van der Waals surface area contributed by atoms with E-state index in [9.17, 15) is 0 Å². The number of nitrogens with zero attached hydrogens (tertiary/aromatic N) is 2. The van der Waals surface area contributed by atoms with Gasteiger partial charge < -0.3 is 9.88 Å². The highest BCUT2D eigenvalue weighted by Gasteiger charge is 2.31. The molecule has 2 aromatic heterocycles. The summed E-state index contributed by atoms with van der Waals surface area (Å²) in [6, 6.07) is 2.81. The van der Waals surface area contributed by atoms with Crippen LogP contribution in [0.5, 0.6) is 0 Å². The molecule has 2 heterocycles. The van der Waals surface area contributed by atoms with Crippen molar-refractivity contribution in [2.75, 3.05) is 6.54 Å². The van der Waals surface area contributed by atoms with Crippen LogP contribution in [-0.2, 0) is 6.54 Å². The standard InChI is InChI=1S/C14H19N3S/c1-2-16-14(11-3-4-11)12-5-6-17(8-12)9-13-7-15-10-18-13/h5-8,10-11,14,16H,2-4,9H2,1H3. The number of nitrogens with one attached hydrogen (secondary N) is 1. The quantitative estimate of drug-likeness (QED) is 0.866. The van der Waals surface area contributed by atoms with Gasteiger partial charge in [-0.25, -0.2) is 0 Å². The van der Waals surface area contributed by atoms with Gasteiger partial charge in [0.25, 0.3) is 0 Å². The third kappa shape index (κ3) is 2.65. The molecule has 0 saturated heterocycles. The Balaban J connectivity index is 1.71. The van der Waals surface area contributed by atoms with Gasteiger partial charge in [0.1, 0.15) is 0 Å². The number of thiazole rings is 1. The van der Waals surface area contributed by atoms with E-state index in [0.717, 1.165) is 19.0 Å². The van der Waals surface area contributed by atoms with Crippen molar-refractivity contribution >= 4 is 11.3 Å². The van der Waals surface area contributed by atoms with Crippen LogP contribution >= 0.6 is 11.3 Å². The molecule has 1 aliphatic rings. The maximum absolute atomic E-state index is 4.12. The Kier molecular flexibility index (Phi) is 3.48. The largest absolute Gasteiger partial charge is 0.349 e. The zero-order chi connectivity index (χ0) is 12.4. The minimum Gasteiger partial charge on any atom is -0.349 e. The Labute approximate surface area is 112 Å². The summed E-state index contributed by atoms with van der Waals surface area (Å²) < 4.78 is 2.26. The zero-order valence-corrected chi connectivity index (χ0v) is 11.5. The summed E-state index contributed by atoms with van der Waals surface area (Å²) >= 11 is 1.72. The summed E-state index contributed by atoms with van der Waals surface area (Å²) in [4.78, 5) is 5.43. The van der Waals surface area contributed by atoms with Gasteiger partial charge in [-0.2, -0.15) is 0 Å². The molecule has 0 spiro atoms. The molecule has 0 amide bonds. The molecule has 2 aromatic rings. The SMILES string of the molecule is CCNC(c1ccn(Cc2cncs2)c1)C1CC1. The molecule has 18 heavy (non-hydrogen) atoms. The van der Waals surface area contributed by atoms with Crippen LogP contribution in [0.4, 0.5) is 0 Å². The molecule has 1 saturated carbocycles. The molecule has 3 nitrogen and oxygen atoms in total. The maximum Gasteiger partial charge on any atom is 0.0794 e. The van der Waals surface area contributed by atoms with Crippen LogP contribution in [0.1, 0.15) is 36.2 Å². The molecule has 1 unspecified atom stereocenters. The first-order valence-corrected chi connectivity index (χ1v) is 7.51. The van der Waals surface area contributed by atoms with E-state index in [2.05, 4.69) is 40.3 Å². The second-order valence-corrected chi connectivity index (χ2v) is 5.93. The number of hydrogen-bond donors (Lipinski definition) is 1. The van der Waals surface area contributed by atoms with Crippen LogP contribution in [0.2, 0.25) is 0 Å². The van der Waals surface area contributed by atoms with Crippen LogP contribution < -0.4 is 5.32 Å². The minimum absolute atomic E-state index is 0.553. The molecule has 0 aliphatic heterocycles. The van der Waals surface area contributed by atoms with Gasteiger partial charge in [-0.3, -0.25) is 4.98 Å². The van der Waals surface area contributed by atoms with Gasteiger partial charge in [-0.15, -0.1) is 11.3 Å². The summed E-state index contributed by atoms with van der Waals surface area (Å²) in [5.74, 6) is 0.851. The first-order chi connectivity index (χ1) is 8.86. The van der Waals surface area contributed by atoms with Gasteiger partial charge in [0.15, 0.2) is 0 Å². The molecule has 1 fully saturated rings. The maximum atomic E-state index is 4.12. The Morgan fingerprint density at radius 1 is 1.56 bits per heavy atom. The van der Waals surface area contributed by atoms with Crippen LogP contribution in [-0.4, -0.2) is 16.1 Å². The van der Waals surface area contributed by atoms with E-state index in [1.165, 1.54) is 23.3 Å². The lowest BCUT2D eigenvalue weighted by Crippen LogP contribution is -2.22. The summed E-state index contributed by atoms with van der Waals surface area (Å²) in [6.07, 6.45) is 9.16.